The summed E-state index contributed by atoms with van der Waals surface area (Å²) in [5.41, 5.74) is 1.70. The van der Waals surface area contributed by atoms with E-state index in [0.29, 0.717) is 6.61 Å². The first-order chi connectivity index (χ1) is 8.56. The van der Waals surface area contributed by atoms with Crippen LogP contribution in [0.15, 0.2) is 18.2 Å². The van der Waals surface area contributed by atoms with Gasteiger partial charge in [0, 0.05) is 12.8 Å². The van der Waals surface area contributed by atoms with Crippen molar-refractivity contribution in [3.05, 3.63) is 23.8 Å². The minimum atomic E-state index is -0.246. The highest BCUT2D eigenvalue weighted by Gasteiger charge is 2.07. The number of aryl methyl sites for hydroxylation is 1. The number of hydrogen-bond acceptors (Lipinski definition) is 3. The highest BCUT2D eigenvalue weighted by molar-refractivity contribution is 5.89. The second-order valence-corrected chi connectivity index (χ2v) is 4.14. The van der Waals surface area contributed by atoms with Gasteiger partial charge in [-0.15, -0.1) is 0 Å². The zero-order valence-electron chi connectivity index (χ0n) is 11.2. The summed E-state index contributed by atoms with van der Waals surface area (Å²) in [5.74, 6) is 0.800. The molecule has 0 saturated heterocycles. The zero-order chi connectivity index (χ0) is 13.5. The van der Waals surface area contributed by atoms with E-state index >= 15 is 0 Å². The molecule has 1 aromatic rings. The number of methoxy groups -OCH3 is 2. The van der Waals surface area contributed by atoms with E-state index in [9.17, 15) is 4.79 Å². The highest BCUT2D eigenvalue weighted by Crippen LogP contribution is 2.21. The number of rotatable bonds is 5. The molecule has 18 heavy (non-hydrogen) atoms. The monoisotopic (exact) mass is 252 g/mol. The number of carbonyl (C=O) groups excluding carboxylic acids is 1. The van der Waals surface area contributed by atoms with Gasteiger partial charge in [-0.25, -0.2) is 4.79 Å². The van der Waals surface area contributed by atoms with E-state index in [0.717, 1.165) is 17.0 Å². The molecule has 1 atom stereocenters. The van der Waals surface area contributed by atoms with Gasteiger partial charge in [0.25, 0.3) is 0 Å². The molecule has 0 aliphatic rings. The summed E-state index contributed by atoms with van der Waals surface area (Å²) >= 11 is 0. The summed E-state index contributed by atoms with van der Waals surface area (Å²) in [5, 5.41) is 5.53. The molecule has 1 rings (SSSR count). The van der Waals surface area contributed by atoms with Crippen molar-refractivity contribution >= 4 is 11.7 Å². The summed E-state index contributed by atoms with van der Waals surface area (Å²) in [7, 11) is 3.22. The number of nitrogens with one attached hydrogen (secondary N) is 2. The third-order valence-corrected chi connectivity index (χ3v) is 2.45. The molecule has 2 amide bonds. The van der Waals surface area contributed by atoms with E-state index < -0.39 is 0 Å². The van der Waals surface area contributed by atoms with Crippen LogP contribution in [0.3, 0.4) is 0 Å². The fourth-order valence-electron chi connectivity index (χ4n) is 1.64. The molecule has 0 fully saturated rings. The molecule has 0 spiro atoms. The predicted octanol–water partition coefficient (Wildman–Crippen LogP) is 2.16. The maximum Gasteiger partial charge on any atom is 0.319 e. The number of carbonyl (C=O) groups is 1. The van der Waals surface area contributed by atoms with Gasteiger partial charge in [0.15, 0.2) is 0 Å². The largest absolute Gasteiger partial charge is 0.496 e. The Hall–Kier alpha value is -1.75. The fraction of sp³-hybridized carbons (Fsp3) is 0.462. The van der Waals surface area contributed by atoms with Crippen molar-refractivity contribution in [1.29, 1.82) is 0 Å². The lowest BCUT2D eigenvalue weighted by Gasteiger charge is -2.14. The van der Waals surface area contributed by atoms with Crippen molar-refractivity contribution in [3.8, 4) is 5.75 Å². The van der Waals surface area contributed by atoms with E-state index in [1.54, 1.807) is 20.3 Å². The molecule has 0 radical (unpaired) electrons. The molecule has 0 aromatic heterocycles. The predicted molar refractivity (Wildman–Crippen MR) is 71.2 cm³/mol. The van der Waals surface area contributed by atoms with Crippen LogP contribution >= 0.6 is 0 Å². The molecule has 5 heteroatoms. The summed E-state index contributed by atoms with van der Waals surface area (Å²) < 4.78 is 10.1. The average molecular weight is 252 g/mol. The van der Waals surface area contributed by atoms with E-state index in [2.05, 4.69) is 10.6 Å². The first-order valence-corrected chi connectivity index (χ1v) is 5.78. The molecule has 100 valence electrons. The Balaban J connectivity index is 2.57. The Labute approximate surface area is 107 Å². The van der Waals surface area contributed by atoms with Gasteiger partial charge in [0.1, 0.15) is 5.75 Å². The van der Waals surface area contributed by atoms with Gasteiger partial charge in [-0.3, -0.25) is 0 Å². The maximum atomic E-state index is 11.7. The number of hydrogen-bond donors (Lipinski definition) is 2. The van der Waals surface area contributed by atoms with Gasteiger partial charge in [0.05, 0.1) is 19.8 Å². The minimum Gasteiger partial charge on any atom is -0.496 e. The van der Waals surface area contributed by atoms with Crippen LogP contribution in [0.4, 0.5) is 10.5 Å². The van der Waals surface area contributed by atoms with Crippen molar-refractivity contribution < 1.29 is 14.3 Å². The van der Waals surface area contributed by atoms with Crippen LogP contribution in [0.1, 0.15) is 12.5 Å². The van der Waals surface area contributed by atoms with Crippen LogP contribution < -0.4 is 15.4 Å². The van der Waals surface area contributed by atoms with Crippen molar-refractivity contribution in [1.82, 2.24) is 5.32 Å². The van der Waals surface area contributed by atoms with Crippen LogP contribution in [-0.4, -0.2) is 32.9 Å². The maximum absolute atomic E-state index is 11.7. The van der Waals surface area contributed by atoms with Gasteiger partial charge in [-0.2, -0.15) is 0 Å². The number of amides is 2. The van der Waals surface area contributed by atoms with Gasteiger partial charge in [-0.1, -0.05) is 0 Å². The van der Waals surface area contributed by atoms with E-state index in [1.165, 1.54) is 0 Å². The van der Waals surface area contributed by atoms with Gasteiger partial charge >= 0.3 is 6.03 Å². The van der Waals surface area contributed by atoms with E-state index in [4.69, 9.17) is 9.47 Å². The summed E-state index contributed by atoms with van der Waals surface area (Å²) in [6.07, 6.45) is 0. The average Bonchev–Trinajstić information content (AvgIpc) is 2.29. The van der Waals surface area contributed by atoms with Crippen molar-refractivity contribution in [2.24, 2.45) is 0 Å². The fourth-order valence-corrected chi connectivity index (χ4v) is 1.64. The lowest BCUT2D eigenvalue weighted by molar-refractivity contribution is 0.173. The van der Waals surface area contributed by atoms with E-state index in [-0.39, 0.29) is 12.1 Å². The van der Waals surface area contributed by atoms with Gasteiger partial charge < -0.3 is 20.1 Å². The molecule has 0 aliphatic carbocycles. The Morgan fingerprint density at radius 2 is 2.11 bits per heavy atom. The molecule has 1 aromatic carbocycles. The number of ether oxygens (including phenoxy) is 2. The number of urea groups is 1. The van der Waals surface area contributed by atoms with Crippen molar-refractivity contribution in [2.75, 3.05) is 26.1 Å². The first-order valence-electron chi connectivity index (χ1n) is 5.78. The van der Waals surface area contributed by atoms with Gasteiger partial charge in [0.2, 0.25) is 0 Å². The van der Waals surface area contributed by atoms with Crippen molar-refractivity contribution in [3.63, 3.8) is 0 Å². The first kappa shape index (κ1) is 14.3. The second-order valence-electron chi connectivity index (χ2n) is 4.14. The number of benzene rings is 1. The molecule has 0 heterocycles. The Kier molecular flexibility index (Phi) is 5.45. The molecule has 5 nitrogen and oxygen atoms in total. The molecular formula is C13H20N2O3. The topological polar surface area (TPSA) is 59.6 Å². The van der Waals surface area contributed by atoms with Crippen LogP contribution in [0.2, 0.25) is 0 Å². The molecule has 0 bridgehead atoms. The SMILES string of the molecule is COCC(C)NC(=O)Nc1ccc(OC)c(C)c1. The van der Waals surface area contributed by atoms with Crippen LogP contribution in [0.25, 0.3) is 0 Å². The lowest BCUT2D eigenvalue weighted by atomic mass is 10.2. The molecular weight excluding hydrogens is 232 g/mol. The summed E-state index contributed by atoms with van der Waals surface area (Å²) in [6.45, 7) is 4.28. The molecule has 2 N–H and O–H groups in total. The Morgan fingerprint density at radius 1 is 1.39 bits per heavy atom. The standard InChI is InChI=1S/C13H20N2O3/c1-9-7-11(5-6-12(9)18-4)15-13(16)14-10(2)8-17-3/h5-7,10H,8H2,1-4H3,(H2,14,15,16). The smallest absolute Gasteiger partial charge is 0.319 e. The van der Waals surface area contributed by atoms with Gasteiger partial charge in [-0.05, 0) is 37.6 Å². The van der Waals surface area contributed by atoms with Crippen LogP contribution in [-0.2, 0) is 4.74 Å². The van der Waals surface area contributed by atoms with Crippen LogP contribution in [0.5, 0.6) is 5.75 Å². The Bertz CT molecular complexity index is 407. The lowest BCUT2D eigenvalue weighted by Crippen LogP contribution is -2.38. The minimum absolute atomic E-state index is 0.0330. The number of anilines is 1. The normalized spacial score (nSPS) is 11.8. The molecule has 1 unspecified atom stereocenters. The molecule has 0 aliphatic heterocycles. The second kappa shape index (κ2) is 6.86. The van der Waals surface area contributed by atoms with Crippen molar-refractivity contribution in [2.45, 2.75) is 19.9 Å². The summed E-state index contributed by atoms with van der Waals surface area (Å²) in [4.78, 5) is 11.7. The third kappa shape index (κ3) is 4.25. The quantitative estimate of drug-likeness (QED) is 0.844. The van der Waals surface area contributed by atoms with Crippen LogP contribution in [0, 0.1) is 6.92 Å². The molecule has 0 saturated carbocycles. The highest BCUT2D eigenvalue weighted by atomic mass is 16.5. The zero-order valence-corrected chi connectivity index (χ0v) is 11.2. The third-order valence-electron chi connectivity index (χ3n) is 2.45. The van der Waals surface area contributed by atoms with E-state index in [1.807, 2.05) is 26.0 Å². The summed E-state index contributed by atoms with van der Waals surface area (Å²) in [6, 6.07) is 5.20. The Morgan fingerprint density at radius 3 is 2.67 bits per heavy atom.